The van der Waals surface area contributed by atoms with Gasteiger partial charge in [0, 0.05) is 5.92 Å². The number of rotatable bonds is 5. The molecule has 1 aliphatic carbocycles. The summed E-state index contributed by atoms with van der Waals surface area (Å²) < 4.78 is 5.68. The summed E-state index contributed by atoms with van der Waals surface area (Å²) in [5.74, 6) is 1.01. The van der Waals surface area contributed by atoms with Crippen molar-refractivity contribution in [2.24, 2.45) is 0 Å². The third-order valence-corrected chi connectivity index (χ3v) is 5.57. The molecule has 0 saturated heterocycles. The zero-order valence-electron chi connectivity index (χ0n) is 12.9. The Morgan fingerprint density at radius 2 is 2.04 bits per heavy atom. The molecule has 5 nitrogen and oxygen atoms in total. The molecule has 0 spiro atoms. The van der Waals surface area contributed by atoms with E-state index in [-0.39, 0.29) is 11.7 Å². The van der Waals surface area contributed by atoms with Crippen LogP contribution in [0.3, 0.4) is 0 Å². The van der Waals surface area contributed by atoms with Crippen LogP contribution in [-0.2, 0) is 4.79 Å². The number of thioether (sulfide) groups is 1. The molecule has 24 heavy (non-hydrogen) atoms. The Bertz CT molecular complexity index is 717. The van der Waals surface area contributed by atoms with Crippen LogP contribution in [0, 0.1) is 0 Å². The van der Waals surface area contributed by atoms with Gasteiger partial charge in [0.15, 0.2) is 0 Å². The first kappa shape index (κ1) is 17.6. The molecule has 0 atom stereocenters. The lowest BCUT2D eigenvalue weighted by molar-refractivity contribution is -0.113. The van der Waals surface area contributed by atoms with Crippen molar-refractivity contribution in [3.8, 4) is 0 Å². The maximum absolute atomic E-state index is 12.0. The summed E-state index contributed by atoms with van der Waals surface area (Å²) in [7, 11) is 0. The number of benzene rings is 1. The fraction of sp³-hybridized carbons (Fsp3) is 0.438. The summed E-state index contributed by atoms with van der Waals surface area (Å²) in [6, 6.07) is 5.09. The van der Waals surface area contributed by atoms with E-state index >= 15 is 0 Å². The molecular weight excluding hydrogens is 369 g/mol. The second-order valence-electron chi connectivity index (χ2n) is 5.68. The zero-order valence-corrected chi connectivity index (χ0v) is 15.3. The van der Waals surface area contributed by atoms with E-state index in [9.17, 15) is 4.79 Å². The lowest BCUT2D eigenvalue weighted by Gasteiger charge is -2.17. The molecule has 2 aromatic rings. The Kier molecular flexibility index (Phi) is 6.03. The molecule has 1 N–H and O–H groups in total. The van der Waals surface area contributed by atoms with Crippen LogP contribution in [-0.4, -0.2) is 21.9 Å². The van der Waals surface area contributed by atoms with Gasteiger partial charge in [-0.1, -0.05) is 60.3 Å². The Morgan fingerprint density at radius 3 is 2.83 bits per heavy atom. The van der Waals surface area contributed by atoms with Crippen LogP contribution < -0.4 is 5.32 Å². The quantitative estimate of drug-likeness (QED) is 0.720. The van der Waals surface area contributed by atoms with Crippen molar-refractivity contribution in [3.63, 3.8) is 0 Å². The second-order valence-corrected chi connectivity index (χ2v) is 7.39. The molecule has 1 aromatic carbocycles. The van der Waals surface area contributed by atoms with Gasteiger partial charge in [0.05, 0.1) is 21.5 Å². The highest BCUT2D eigenvalue weighted by Crippen LogP contribution is 2.33. The smallest absolute Gasteiger partial charge is 0.277 e. The summed E-state index contributed by atoms with van der Waals surface area (Å²) >= 11 is 13.2. The number of hydrogen-bond donors (Lipinski definition) is 1. The molecule has 1 heterocycles. The van der Waals surface area contributed by atoms with Gasteiger partial charge in [-0.15, -0.1) is 10.2 Å². The van der Waals surface area contributed by atoms with E-state index < -0.39 is 0 Å². The topological polar surface area (TPSA) is 68.0 Å². The average molecular weight is 386 g/mol. The Labute approximate surface area is 154 Å². The summed E-state index contributed by atoms with van der Waals surface area (Å²) in [4.78, 5) is 12.0. The highest BCUT2D eigenvalue weighted by molar-refractivity contribution is 7.99. The number of halogens is 2. The highest BCUT2D eigenvalue weighted by Gasteiger charge is 2.21. The van der Waals surface area contributed by atoms with Crippen LogP contribution in [0.1, 0.15) is 43.9 Å². The molecule has 8 heteroatoms. The predicted octanol–water partition coefficient (Wildman–Crippen LogP) is 5.15. The van der Waals surface area contributed by atoms with Gasteiger partial charge in [0.2, 0.25) is 11.8 Å². The largest absolute Gasteiger partial charge is 0.416 e. The van der Waals surface area contributed by atoms with E-state index in [0.29, 0.717) is 32.8 Å². The van der Waals surface area contributed by atoms with E-state index in [1.165, 1.54) is 31.0 Å². The Balaban J connectivity index is 1.53. The number of hydrogen-bond acceptors (Lipinski definition) is 5. The van der Waals surface area contributed by atoms with E-state index in [4.69, 9.17) is 27.6 Å². The highest BCUT2D eigenvalue weighted by atomic mass is 35.5. The third-order valence-electron chi connectivity index (χ3n) is 3.93. The molecule has 0 bridgehead atoms. The number of nitrogens with one attached hydrogen (secondary N) is 1. The molecule has 1 aromatic heterocycles. The predicted molar refractivity (Wildman–Crippen MR) is 95.9 cm³/mol. The van der Waals surface area contributed by atoms with E-state index in [1.54, 1.807) is 18.2 Å². The maximum Gasteiger partial charge on any atom is 0.277 e. The Hall–Kier alpha value is -1.24. The molecular formula is C16H17Cl2N3O2S. The van der Waals surface area contributed by atoms with E-state index in [2.05, 4.69) is 15.5 Å². The van der Waals surface area contributed by atoms with Gasteiger partial charge >= 0.3 is 0 Å². The minimum atomic E-state index is -0.207. The summed E-state index contributed by atoms with van der Waals surface area (Å²) in [5.41, 5.74) is 0.489. The van der Waals surface area contributed by atoms with Crippen LogP contribution in [0.4, 0.5) is 5.69 Å². The lowest BCUT2D eigenvalue weighted by Crippen LogP contribution is -2.14. The summed E-state index contributed by atoms with van der Waals surface area (Å²) in [6.07, 6.45) is 5.88. The molecule has 0 aliphatic heterocycles. The van der Waals surface area contributed by atoms with Crippen LogP contribution >= 0.6 is 35.0 Å². The van der Waals surface area contributed by atoms with Crippen molar-refractivity contribution in [2.45, 2.75) is 43.2 Å². The van der Waals surface area contributed by atoms with Gasteiger partial charge < -0.3 is 9.73 Å². The van der Waals surface area contributed by atoms with Crippen molar-refractivity contribution < 1.29 is 9.21 Å². The van der Waals surface area contributed by atoms with Crippen molar-refractivity contribution in [3.05, 3.63) is 34.1 Å². The molecule has 1 fully saturated rings. The first-order valence-corrected chi connectivity index (χ1v) is 9.57. The number of amides is 1. The summed E-state index contributed by atoms with van der Waals surface area (Å²) in [6.45, 7) is 0. The van der Waals surface area contributed by atoms with E-state index in [1.807, 2.05) is 0 Å². The van der Waals surface area contributed by atoms with Crippen molar-refractivity contribution in [1.29, 1.82) is 0 Å². The van der Waals surface area contributed by atoms with Crippen LogP contribution in [0.2, 0.25) is 10.0 Å². The maximum atomic E-state index is 12.0. The molecule has 1 amide bonds. The van der Waals surface area contributed by atoms with Crippen molar-refractivity contribution in [2.75, 3.05) is 11.1 Å². The minimum Gasteiger partial charge on any atom is -0.416 e. The van der Waals surface area contributed by atoms with Crippen LogP contribution in [0.15, 0.2) is 27.8 Å². The average Bonchev–Trinajstić information content (AvgIpc) is 3.07. The van der Waals surface area contributed by atoms with Crippen molar-refractivity contribution in [1.82, 2.24) is 10.2 Å². The fourth-order valence-corrected chi connectivity index (χ4v) is 3.62. The minimum absolute atomic E-state index is 0.162. The third kappa shape index (κ3) is 4.43. The lowest BCUT2D eigenvalue weighted by atomic mass is 9.89. The number of carbonyl (C=O) groups is 1. The monoisotopic (exact) mass is 385 g/mol. The summed E-state index contributed by atoms with van der Waals surface area (Å²) in [5, 5.41) is 12.0. The zero-order chi connectivity index (χ0) is 16.9. The van der Waals surface area contributed by atoms with Gasteiger partial charge in [-0.3, -0.25) is 4.79 Å². The van der Waals surface area contributed by atoms with Crippen LogP contribution in [0.5, 0.6) is 0 Å². The van der Waals surface area contributed by atoms with Gasteiger partial charge in [-0.25, -0.2) is 0 Å². The number of nitrogens with zero attached hydrogens (tertiary/aromatic N) is 2. The normalized spacial score (nSPS) is 15.4. The van der Waals surface area contributed by atoms with E-state index in [0.717, 1.165) is 12.8 Å². The SMILES string of the molecule is O=C(CSc1nnc(C2CCCCC2)o1)Nc1cccc(Cl)c1Cl. The number of carbonyl (C=O) groups excluding carboxylic acids is 1. The van der Waals surface area contributed by atoms with Crippen LogP contribution in [0.25, 0.3) is 0 Å². The molecule has 3 rings (SSSR count). The first-order chi connectivity index (χ1) is 11.6. The van der Waals surface area contributed by atoms with Gasteiger partial charge in [-0.05, 0) is 25.0 Å². The fourth-order valence-electron chi connectivity index (χ4n) is 2.71. The molecule has 128 valence electrons. The van der Waals surface area contributed by atoms with Gasteiger partial charge in [0.1, 0.15) is 0 Å². The van der Waals surface area contributed by atoms with Gasteiger partial charge in [-0.2, -0.15) is 0 Å². The number of anilines is 1. The van der Waals surface area contributed by atoms with Gasteiger partial charge in [0.25, 0.3) is 5.22 Å². The second kappa shape index (κ2) is 8.23. The first-order valence-electron chi connectivity index (χ1n) is 7.83. The molecule has 1 aliphatic rings. The Morgan fingerprint density at radius 1 is 1.25 bits per heavy atom. The molecule has 0 unspecified atom stereocenters. The number of aromatic nitrogens is 2. The molecule has 1 saturated carbocycles. The molecule has 0 radical (unpaired) electrons. The van der Waals surface area contributed by atoms with Crippen molar-refractivity contribution >= 4 is 46.6 Å². The standard InChI is InChI=1S/C16H17Cl2N3O2S/c17-11-7-4-8-12(14(11)18)19-13(22)9-24-16-21-20-15(23-16)10-5-2-1-3-6-10/h4,7-8,10H,1-3,5-6,9H2,(H,19,22).